The maximum Gasteiger partial charge on any atom is 0.416 e. The molecule has 0 unspecified atom stereocenters. The number of urea groups is 1. The first kappa shape index (κ1) is 27.0. The number of alkyl halides is 3. The Morgan fingerprint density at radius 2 is 1.63 bits per heavy atom. The van der Waals surface area contributed by atoms with E-state index in [9.17, 15) is 31.2 Å². The van der Waals surface area contributed by atoms with Gasteiger partial charge in [-0.05, 0) is 60.9 Å². The zero-order chi connectivity index (χ0) is 27.5. The van der Waals surface area contributed by atoms with E-state index in [-0.39, 0.29) is 11.6 Å². The Kier molecular flexibility index (Phi) is 7.63. The molecular formula is C26H25F3N4O4S. The lowest BCUT2D eigenvalue weighted by atomic mass is 10.0. The molecule has 3 amide bonds. The lowest BCUT2D eigenvalue weighted by Crippen LogP contribution is -2.53. The highest BCUT2D eigenvalue weighted by Crippen LogP contribution is 2.32. The van der Waals surface area contributed by atoms with E-state index in [1.165, 1.54) is 0 Å². The zero-order valence-electron chi connectivity index (χ0n) is 20.2. The number of nitrogens with one attached hydrogen (secondary N) is 3. The van der Waals surface area contributed by atoms with Gasteiger partial charge in [0.15, 0.2) is 0 Å². The fourth-order valence-electron chi connectivity index (χ4n) is 4.18. The Balaban J connectivity index is 1.42. The van der Waals surface area contributed by atoms with E-state index in [4.69, 9.17) is 0 Å². The second-order valence-electron chi connectivity index (χ2n) is 8.82. The van der Waals surface area contributed by atoms with Crippen molar-refractivity contribution in [3.05, 3.63) is 78.4 Å². The lowest BCUT2D eigenvalue weighted by molar-refractivity contribution is -0.137. The highest BCUT2D eigenvalue weighted by molar-refractivity contribution is 7.92. The maximum atomic E-state index is 13.1. The summed E-state index contributed by atoms with van der Waals surface area (Å²) in [6.07, 6.45) is -2.37. The van der Waals surface area contributed by atoms with Gasteiger partial charge in [0.05, 0.1) is 17.5 Å². The molecule has 0 spiro atoms. The Labute approximate surface area is 217 Å². The molecule has 0 aromatic heterocycles. The van der Waals surface area contributed by atoms with E-state index >= 15 is 0 Å². The topological polar surface area (TPSA) is 108 Å². The van der Waals surface area contributed by atoms with Crippen molar-refractivity contribution in [2.24, 2.45) is 0 Å². The standard InChI is InChI=1S/C26H25F3N4O4S/c1-38(36,37)32-22-6-3-2-5-21(22)17-8-14-20(15-9-17)33-16-4-7-23(24(33)34)31-25(35)30-19-12-10-18(11-13-19)26(27,28)29/h2-3,5-6,8-15,23,32H,4,7,16H2,1H3,(H2,30,31,35)/t23-/m1/s1. The van der Waals surface area contributed by atoms with Gasteiger partial charge in [0, 0.05) is 23.5 Å². The van der Waals surface area contributed by atoms with Crippen molar-refractivity contribution < 1.29 is 31.2 Å². The van der Waals surface area contributed by atoms with Crippen molar-refractivity contribution in [2.45, 2.75) is 25.1 Å². The second-order valence-corrected chi connectivity index (χ2v) is 10.6. The maximum absolute atomic E-state index is 13.1. The molecule has 1 heterocycles. The summed E-state index contributed by atoms with van der Waals surface area (Å²) in [5, 5.41) is 5.05. The Morgan fingerprint density at radius 1 is 0.974 bits per heavy atom. The molecule has 0 radical (unpaired) electrons. The number of hydrogen-bond acceptors (Lipinski definition) is 4. The van der Waals surface area contributed by atoms with Crippen LogP contribution in [0.15, 0.2) is 72.8 Å². The number of rotatable bonds is 6. The molecule has 1 aliphatic heterocycles. The van der Waals surface area contributed by atoms with E-state index in [0.29, 0.717) is 36.3 Å². The van der Waals surface area contributed by atoms with E-state index in [0.717, 1.165) is 36.1 Å². The van der Waals surface area contributed by atoms with Crippen LogP contribution >= 0.6 is 0 Å². The van der Waals surface area contributed by atoms with Crippen LogP contribution in [-0.4, -0.2) is 39.2 Å². The molecule has 0 saturated carbocycles. The van der Waals surface area contributed by atoms with Crippen LogP contribution in [0.2, 0.25) is 0 Å². The van der Waals surface area contributed by atoms with Crippen LogP contribution in [0, 0.1) is 0 Å². The minimum atomic E-state index is -4.48. The number of amides is 3. The molecule has 0 bridgehead atoms. The lowest BCUT2D eigenvalue weighted by Gasteiger charge is -2.32. The molecule has 1 atom stereocenters. The normalized spacial score (nSPS) is 16.2. The number of benzene rings is 3. The molecule has 3 N–H and O–H groups in total. The molecule has 8 nitrogen and oxygen atoms in total. The third-order valence-electron chi connectivity index (χ3n) is 5.93. The second kappa shape index (κ2) is 10.7. The van der Waals surface area contributed by atoms with E-state index in [2.05, 4.69) is 15.4 Å². The van der Waals surface area contributed by atoms with E-state index in [1.807, 2.05) is 0 Å². The van der Waals surface area contributed by atoms with Crippen molar-refractivity contribution in [3.63, 3.8) is 0 Å². The smallest absolute Gasteiger partial charge is 0.326 e. The Hall–Kier alpha value is -4.06. The molecule has 1 fully saturated rings. The van der Waals surface area contributed by atoms with E-state index < -0.39 is 33.8 Å². The summed E-state index contributed by atoms with van der Waals surface area (Å²) in [7, 11) is -3.47. The monoisotopic (exact) mass is 546 g/mol. The van der Waals surface area contributed by atoms with E-state index in [1.54, 1.807) is 53.4 Å². The van der Waals surface area contributed by atoms with Crippen LogP contribution < -0.4 is 20.3 Å². The van der Waals surface area contributed by atoms with Gasteiger partial charge in [0.1, 0.15) is 6.04 Å². The van der Waals surface area contributed by atoms with Gasteiger partial charge in [0.2, 0.25) is 15.9 Å². The molecule has 4 rings (SSSR count). The molecule has 3 aromatic rings. The number of nitrogens with zero attached hydrogens (tertiary/aromatic N) is 1. The summed E-state index contributed by atoms with van der Waals surface area (Å²) in [4.78, 5) is 27.1. The number of sulfonamides is 1. The summed E-state index contributed by atoms with van der Waals surface area (Å²) in [6.45, 7) is 0.448. The summed E-state index contributed by atoms with van der Waals surface area (Å²) in [5.74, 6) is -0.314. The molecular weight excluding hydrogens is 521 g/mol. The highest BCUT2D eigenvalue weighted by Gasteiger charge is 2.32. The van der Waals surface area contributed by atoms with Crippen LogP contribution in [0.25, 0.3) is 11.1 Å². The summed E-state index contributed by atoms with van der Waals surface area (Å²) in [6, 6.07) is 16.5. The fraction of sp³-hybridized carbons (Fsp3) is 0.231. The number of anilines is 3. The quantitative estimate of drug-likeness (QED) is 0.402. The van der Waals surface area contributed by atoms with Crippen molar-refractivity contribution in [2.75, 3.05) is 27.7 Å². The van der Waals surface area contributed by atoms with Crippen molar-refractivity contribution in [1.29, 1.82) is 0 Å². The SMILES string of the molecule is CS(=O)(=O)Nc1ccccc1-c1ccc(N2CCC[C@@H](NC(=O)Nc3ccc(C(F)(F)F)cc3)C2=O)cc1. The predicted octanol–water partition coefficient (Wildman–Crippen LogP) is 5.06. The number of halogens is 3. The number of piperidine rings is 1. The van der Waals surface area contributed by atoms with Crippen molar-refractivity contribution in [1.82, 2.24) is 5.32 Å². The summed E-state index contributed by atoms with van der Waals surface area (Å²) >= 11 is 0. The van der Waals surface area contributed by atoms with Crippen LogP contribution in [0.1, 0.15) is 18.4 Å². The van der Waals surface area contributed by atoms with Gasteiger partial charge in [-0.3, -0.25) is 9.52 Å². The number of carbonyl (C=O) groups is 2. The fourth-order valence-corrected chi connectivity index (χ4v) is 4.76. The van der Waals surface area contributed by atoms with Gasteiger partial charge < -0.3 is 15.5 Å². The first-order valence-electron chi connectivity index (χ1n) is 11.6. The molecule has 3 aromatic carbocycles. The van der Waals surface area contributed by atoms with Crippen LogP contribution in [-0.2, 0) is 21.0 Å². The van der Waals surface area contributed by atoms with Crippen LogP contribution in [0.5, 0.6) is 0 Å². The number of hydrogen-bond donors (Lipinski definition) is 3. The summed E-state index contributed by atoms with van der Waals surface area (Å²) in [5.41, 5.74) is 1.80. The van der Waals surface area contributed by atoms with Gasteiger partial charge in [-0.15, -0.1) is 0 Å². The number of para-hydroxylation sites is 1. The van der Waals surface area contributed by atoms with Gasteiger partial charge in [-0.1, -0.05) is 30.3 Å². The molecule has 1 saturated heterocycles. The molecule has 0 aliphatic carbocycles. The average Bonchev–Trinajstić information content (AvgIpc) is 2.85. The summed E-state index contributed by atoms with van der Waals surface area (Å²) < 4.78 is 64.1. The van der Waals surface area contributed by atoms with Gasteiger partial charge >= 0.3 is 12.2 Å². The predicted molar refractivity (Wildman–Crippen MR) is 139 cm³/mol. The minimum Gasteiger partial charge on any atom is -0.326 e. The molecule has 1 aliphatic rings. The van der Waals surface area contributed by atoms with Gasteiger partial charge in [-0.25, -0.2) is 13.2 Å². The first-order valence-corrected chi connectivity index (χ1v) is 13.5. The third kappa shape index (κ3) is 6.62. The van der Waals surface area contributed by atoms with Crippen LogP contribution in [0.4, 0.5) is 35.0 Å². The first-order chi connectivity index (χ1) is 17.9. The Morgan fingerprint density at radius 3 is 2.26 bits per heavy atom. The molecule has 38 heavy (non-hydrogen) atoms. The van der Waals surface area contributed by atoms with Crippen molar-refractivity contribution >= 4 is 39.0 Å². The molecule has 200 valence electrons. The average molecular weight is 547 g/mol. The highest BCUT2D eigenvalue weighted by atomic mass is 32.2. The van der Waals surface area contributed by atoms with Crippen molar-refractivity contribution in [3.8, 4) is 11.1 Å². The Bertz CT molecular complexity index is 1430. The van der Waals surface area contributed by atoms with Gasteiger partial charge in [0.25, 0.3) is 0 Å². The van der Waals surface area contributed by atoms with Crippen LogP contribution in [0.3, 0.4) is 0 Å². The zero-order valence-corrected chi connectivity index (χ0v) is 21.1. The minimum absolute atomic E-state index is 0.164. The largest absolute Gasteiger partial charge is 0.416 e. The third-order valence-corrected chi connectivity index (χ3v) is 6.52. The molecule has 12 heteroatoms. The number of carbonyl (C=O) groups excluding carboxylic acids is 2. The van der Waals surface area contributed by atoms with Gasteiger partial charge in [-0.2, -0.15) is 13.2 Å².